The molecule has 0 spiro atoms. The van der Waals surface area contributed by atoms with E-state index in [1.807, 2.05) is 0 Å². The molecule has 1 heterocycles. The van der Waals surface area contributed by atoms with Crippen LogP contribution < -0.4 is 0 Å². The van der Waals surface area contributed by atoms with E-state index in [4.69, 9.17) is 4.74 Å². The molecule has 0 amide bonds. The first kappa shape index (κ1) is 8.31. The van der Waals surface area contributed by atoms with Crippen LogP contribution >= 0.6 is 0 Å². The Balaban J connectivity index is 0.000000100. The molecule has 0 radical (unpaired) electrons. The number of hydrogen-bond donors (Lipinski definition) is 0. The number of allylic oxidation sites excluding steroid dienone is 2. The summed E-state index contributed by atoms with van der Waals surface area (Å²) in [5, 5.41) is 0. The monoisotopic (exact) mass is 166 g/mol. The summed E-state index contributed by atoms with van der Waals surface area (Å²) in [5.41, 5.74) is 0. The Bertz CT molecular complexity index is 146. The van der Waals surface area contributed by atoms with Crippen molar-refractivity contribution in [3.8, 4) is 0 Å². The normalized spacial score (nSPS) is 36.7. The van der Waals surface area contributed by atoms with Gasteiger partial charge in [-0.15, -0.1) is 0 Å². The minimum absolute atomic E-state index is 0.703. The topological polar surface area (TPSA) is 12.5 Å². The smallest absolute Gasteiger partial charge is 0.0841 e. The van der Waals surface area contributed by atoms with Gasteiger partial charge in [-0.2, -0.15) is 0 Å². The molecule has 3 aliphatic rings. The largest absolute Gasteiger partial charge is 0.370 e. The molecule has 1 saturated carbocycles. The summed E-state index contributed by atoms with van der Waals surface area (Å²) >= 11 is 0. The fraction of sp³-hybridized carbons (Fsp3) is 0.818. The van der Waals surface area contributed by atoms with Crippen LogP contribution in [0.4, 0.5) is 0 Å². The minimum atomic E-state index is 0.703. The van der Waals surface area contributed by atoms with Crippen molar-refractivity contribution >= 4 is 0 Å². The maximum Gasteiger partial charge on any atom is 0.0841 e. The zero-order valence-electron chi connectivity index (χ0n) is 7.67. The average molecular weight is 166 g/mol. The van der Waals surface area contributed by atoms with E-state index in [0.29, 0.717) is 12.2 Å². The van der Waals surface area contributed by atoms with E-state index in [0.717, 1.165) is 0 Å². The van der Waals surface area contributed by atoms with Gasteiger partial charge < -0.3 is 4.74 Å². The van der Waals surface area contributed by atoms with Gasteiger partial charge in [0.25, 0.3) is 0 Å². The van der Waals surface area contributed by atoms with Crippen molar-refractivity contribution < 1.29 is 4.74 Å². The summed E-state index contributed by atoms with van der Waals surface area (Å²) in [7, 11) is 0. The SMILES string of the molecule is C1=CCCC1.C1CCC2OC2C1. The van der Waals surface area contributed by atoms with Crippen LogP contribution in [0.3, 0.4) is 0 Å². The van der Waals surface area contributed by atoms with E-state index in [1.165, 1.54) is 44.9 Å². The van der Waals surface area contributed by atoms with Crippen LogP contribution in [-0.4, -0.2) is 12.2 Å². The Kier molecular flexibility index (Phi) is 2.83. The van der Waals surface area contributed by atoms with Gasteiger partial charge in [0, 0.05) is 0 Å². The number of ether oxygens (including phenoxy) is 1. The molecule has 68 valence electrons. The van der Waals surface area contributed by atoms with E-state index in [-0.39, 0.29) is 0 Å². The van der Waals surface area contributed by atoms with E-state index < -0.39 is 0 Å². The fourth-order valence-corrected chi connectivity index (χ4v) is 1.97. The number of hydrogen-bond acceptors (Lipinski definition) is 1. The molecule has 12 heavy (non-hydrogen) atoms. The molecule has 2 unspecified atom stereocenters. The highest BCUT2D eigenvalue weighted by molar-refractivity contribution is 4.88. The van der Waals surface area contributed by atoms with Gasteiger partial charge >= 0.3 is 0 Å². The molecule has 2 aliphatic carbocycles. The summed E-state index contributed by atoms with van der Waals surface area (Å²) in [6.45, 7) is 0. The van der Waals surface area contributed by atoms with Crippen LogP contribution in [-0.2, 0) is 4.74 Å². The molecule has 0 bridgehead atoms. The molecule has 0 aromatic carbocycles. The molecule has 1 nitrogen and oxygen atoms in total. The fourth-order valence-electron chi connectivity index (χ4n) is 1.97. The third-order valence-electron chi connectivity index (χ3n) is 2.82. The van der Waals surface area contributed by atoms with Crippen molar-refractivity contribution in [3.05, 3.63) is 12.2 Å². The second-order valence-corrected chi connectivity index (χ2v) is 3.90. The molecule has 1 aliphatic heterocycles. The quantitative estimate of drug-likeness (QED) is 0.398. The van der Waals surface area contributed by atoms with Gasteiger partial charge in [-0.05, 0) is 32.1 Å². The molecular weight excluding hydrogens is 148 g/mol. The molecule has 0 aromatic rings. The molecular formula is C11H18O. The molecule has 1 heteroatoms. The minimum Gasteiger partial charge on any atom is -0.370 e. The number of epoxide rings is 1. The average Bonchev–Trinajstić information content (AvgIpc) is 2.64. The predicted molar refractivity (Wildman–Crippen MR) is 50.1 cm³/mol. The van der Waals surface area contributed by atoms with Crippen LogP contribution in [0.15, 0.2) is 12.2 Å². The summed E-state index contributed by atoms with van der Waals surface area (Å²) in [5.74, 6) is 0. The molecule has 2 atom stereocenters. The van der Waals surface area contributed by atoms with Gasteiger partial charge in [0.1, 0.15) is 0 Å². The summed E-state index contributed by atoms with van der Waals surface area (Å²) < 4.78 is 5.28. The van der Waals surface area contributed by atoms with Crippen molar-refractivity contribution in [2.75, 3.05) is 0 Å². The highest BCUT2D eigenvalue weighted by Gasteiger charge is 2.39. The highest BCUT2D eigenvalue weighted by Crippen LogP contribution is 2.35. The van der Waals surface area contributed by atoms with Crippen molar-refractivity contribution in [1.29, 1.82) is 0 Å². The zero-order valence-corrected chi connectivity index (χ0v) is 7.67. The highest BCUT2D eigenvalue weighted by atomic mass is 16.6. The maximum atomic E-state index is 5.28. The van der Waals surface area contributed by atoms with Gasteiger partial charge in [0.05, 0.1) is 12.2 Å². The van der Waals surface area contributed by atoms with Gasteiger partial charge in [-0.25, -0.2) is 0 Å². The van der Waals surface area contributed by atoms with Gasteiger partial charge in [-0.1, -0.05) is 25.0 Å². The Morgan fingerprint density at radius 3 is 1.75 bits per heavy atom. The van der Waals surface area contributed by atoms with E-state index in [9.17, 15) is 0 Å². The first-order valence-corrected chi connectivity index (χ1v) is 5.27. The summed E-state index contributed by atoms with van der Waals surface area (Å²) in [6.07, 6.45) is 15.4. The van der Waals surface area contributed by atoms with Crippen LogP contribution in [0.2, 0.25) is 0 Å². The van der Waals surface area contributed by atoms with Gasteiger partial charge in [-0.3, -0.25) is 0 Å². The van der Waals surface area contributed by atoms with Crippen molar-refractivity contribution in [1.82, 2.24) is 0 Å². The Morgan fingerprint density at radius 2 is 1.42 bits per heavy atom. The standard InChI is InChI=1S/C6H10O.C5H8/c1-2-4-6-5(3-1)7-6;1-2-4-5-3-1/h5-6H,1-4H2;1-2H,3-5H2. The second-order valence-electron chi connectivity index (χ2n) is 3.90. The third-order valence-corrected chi connectivity index (χ3v) is 2.82. The predicted octanol–water partition coefficient (Wildman–Crippen LogP) is 3.05. The molecule has 0 N–H and O–H groups in total. The maximum absolute atomic E-state index is 5.28. The van der Waals surface area contributed by atoms with E-state index >= 15 is 0 Å². The lowest BCUT2D eigenvalue weighted by atomic mass is 10.0. The molecule has 1 saturated heterocycles. The number of fused-ring (bicyclic) bond motifs is 1. The second kappa shape index (κ2) is 4.08. The van der Waals surface area contributed by atoms with Crippen LogP contribution in [0.25, 0.3) is 0 Å². The molecule has 3 rings (SSSR count). The Labute approximate surface area is 74.8 Å². The zero-order chi connectivity index (χ0) is 8.23. The Hall–Kier alpha value is -0.300. The van der Waals surface area contributed by atoms with Crippen LogP contribution in [0.5, 0.6) is 0 Å². The summed E-state index contributed by atoms with van der Waals surface area (Å²) in [4.78, 5) is 0. The van der Waals surface area contributed by atoms with Crippen molar-refractivity contribution in [3.63, 3.8) is 0 Å². The van der Waals surface area contributed by atoms with Gasteiger partial charge in [0.2, 0.25) is 0 Å². The third kappa shape index (κ3) is 2.34. The summed E-state index contributed by atoms with van der Waals surface area (Å²) in [6, 6.07) is 0. The van der Waals surface area contributed by atoms with Crippen molar-refractivity contribution in [2.24, 2.45) is 0 Å². The van der Waals surface area contributed by atoms with Crippen LogP contribution in [0.1, 0.15) is 44.9 Å². The first-order chi connectivity index (χ1) is 5.97. The first-order valence-electron chi connectivity index (χ1n) is 5.27. The van der Waals surface area contributed by atoms with E-state index in [1.54, 1.807) is 0 Å². The van der Waals surface area contributed by atoms with Crippen molar-refractivity contribution in [2.45, 2.75) is 57.2 Å². The number of rotatable bonds is 0. The molecule has 2 fully saturated rings. The van der Waals surface area contributed by atoms with E-state index in [2.05, 4.69) is 12.2 Å². The Morgan fingerprint density at radius 1 is 0.833 bits per heavy atom. The lowest BCUT2D eigenvalue weighted by Crippen LogP contribution is -2.00. The lowest BCUT2D eigenvalue weighted by molar-refractivity contribution is 0.373. The van der Waals surface area contributed by atoms with Crippen LogP contribution in [0, 0.1) is 0 Å². The van der Waals surface area contributed by atoms with Gasteiger partial charge in [0.15, 0.2) is 0 Å². The molecule has 0 aromatic heterocycles. The lowest BCUT2D eigenvalue weighted by Gasteiger charge is -2.00.